The number of rotatable bonds is 3. The van der Waals surface area contributed by atoms with Crippen LogP contribution in [-0.4, -0.2) is 8.42 Å². The SMILES string of the molecule is N#Cc1ccc(OS(=O)(=O)c2c(Cl)cccc2Cl)c(Cl)c1. The second-order valence-electron chi connectivity index (χ2n) is 3.85. The van der Waals surface area contributed by atoms with Gasteiger partial charge in [0.1, 0.15) is 4.90 Å². The molecule has 0 N–H and O–H groups in total. The van der Waals surface area contributed by atoms with Gasteiger partial charge in [-0.1, -0.05) is 40.9 Å². The first-order chi connectivity index (χ1) is 9.85. The summed E-state index contributed by atoms with van der Waals surface area (Å²) < 4.78 is 29.4. The van der Waals surface area contributed by atoms with Gasteiger partial charge in [0.15, 0.2) is 5.75 Å². The maximum atomic E-state index is 12.2. The number of halogens is 3. The summed E-state index contributed by atoms with van der Waals surface area (Å²) in [6.07, 6.45) is 0. The fourth-order valence-corrected chi connectivity index (χ4v) is 3.83. The van der Waals surface area contributed by atoms with Crippen molar-refractivity contribution in [3.63, 3.8) is 0 Å². The van der Waals surface area contributed by atoms with E-state index >= 15 is 0 Å². The summed E-state index contributed by atoms with van der Waals surface area (Å²) >= 11 is 17.6. The molecule has 0 aliphatic rings. The molecule has 0 atom stereocenters. The molecule has 0 radical (unpaired) electrons. The van der Waals surface area contributed by atoms with Crippen molar-refractivity contribution in [2.75, 3.05) is 0 Å². The average molecular weight is 363 g/mol. The zero-order valence-electron chi connectivity index (χ0n) is 10.2. The maximum absolute atomic E-state index is 12.2. The zero-order chi connectivity index (χ0) is 15.6. The molecule has 0 aliphatic carbocycles. The third-order valence-corrected chi connectivity index (χ3v) is 4.92. The van der Waals surface area contributed by atoms with Crippen LogP contribution in [0.3, 0.4) is 0 Å². The van der Waals surface area contributed by atoms with Crippen LogP contribution in [0.15, 0.2) is 41.3 Å². The van der Waals surface area contributed by atoms with E-state index in [4.69, 9.17) is 44.2 Å². The lowest BCUT2D eigenvalue weighted by Crippen LogP contribution is -2.11. The van der Waals surface area contributed by atoms with Crippen molar-refractivity contribution < 1.29 is 12.6 Å². The van der Waals surface area contributed by atoms with Crippen molar-refractivity contribution in [2.24, 2.45) is 0 Å². The molecular formula is C13H6Cl3NO3S. The number of hydrogen-bond acceptors (Lipinski definition) is 4. The molecule has 0 spiro atoms. The van der Waals surface area contributed by atoms with Crippen molar-refractivity contribution in [3.05, 3.63) is 57.0 Å². The van der Waals surface area contributed by atoms with Gasteiger partial charge in [-0.05, 0) is 30.3 Å². The predicted octanol–water partition coefficient (Wildman–Crippen LogP) is 4.29. The first-order valence-electron chi connectivity index (χ1n) is 5.43. The molecule has 0 bridgehead atoms. The van der Waals surface area contributed by atoms with Gasteiger partial charge in [0, 0.05) is 0 Å². The molecule has 21 heavy (non-hydrogen) atoms. The lowest BCUT2D eigenvalue weighted by atomic mass is 10.2. The van der Waals surface area contributed by atoms with Gasteiger partial charge in [-0.15, -0.1) is 0 Å². The van der Waals surface area contributed by atoms with Crippen molar-refractivity contribution in [3.8, 4) is 11.8 Å². The third-order valence-electron chi connectivity index (χ3n) is 2.43. The Morgan fingerprint density at radius 3 is 2.14 bits per heavy atom. The largest absolute Gasteiger partial charge is 0.377 e. The minimum Gasteiger partial charge on any atom is -0.377 e. The van der Waals surface area contributed by atoms with Gasteiger partial charge in [-0.2, -0.15) is 13.7 Å². The summed E-state index contributed by atoms with van der Waals surface area (Å²) in [6, 6.07) is 10.1. The molecule has 0 amide bonds. The van der Waals surface area contributed by atoms with Crippen LogP contribution < -0.4 is 4.18 Å². The Kier molecular flexibility index (Phi) is 4.64. The van der Waals surface area contributed by atoms with Crippen LogP contribution >= 0.6 is 34.8 Å². The van der Waals surface area contributed by atoms with Crippen LogP contribution in [-0.2, 0) is 10.1 Å². The van der Waals surface area contributed by atoms with Crippen LogP contribution in [0.1, 0.15) is 5.56 Å². The lowest BCUT2D eigenvalue weighted by Gasteiger charge is -2.11. The molecule has 0 unspecified atom stereocenters. The van der Waals surface area contributed by atoms with E-state index in [9.17, 15) is 8.42 Å². The van der Waals surface area contributed by atoms with E-state index < -0.39 is 10.1 Å². The fourth-order valence-electron chi connectivity index (χ4n) is 1.52. The number of hydrogen-bond donors (Lipinski definition) is 0. The van der Waals surface area contributed by atoms with Gasteiger partial charge in [0.05, 0.1) is 26.7 Å². The molecule has 0 saturated heterocycles. The summed E-state index contributed by atoms with van der Waals surface area (Å²) in [6.45, 7) is 0. The highest BCUT2D eigenvalue weighted by Gasteiger charge is 2.24. The van der Waals surface area contributed by atoms with Crippen molar-refractivity contribution in [1.29, 1.82) is 5.26 Å². The van der Waals surface area contributed by atoms with Crippen LogP contribution in [0, 0.1) is 11.3 Å². The van der Waals surface area contributed by atoms with Crippen LogP contribution in [0.5, 0.6) is 5.75 Å². The third kappa shape index (κ3) is 3.42. The normalized spacial score (nSPS) is 11.0. The molecule has 4 nitrogen and oxygen atoms in total. The molecular weight excluding hydrogens is 357 g/mol. The number of nitriles is 1. The summed E-state index contributed by atoms with van der Waals surface area (Å²) in [5.41, 5.74) is 0.278. The zero-order valence-corrected chi connectivity index (χ0v) is 13.3. The summed E-state index contributed by atoms with van der Waals surface area (Å²) in [5, 5.41) is 8.60. The number of benzene rings is 2. The first-order valence-corrected chi connectivity index (χ1v) is 7.97. The van der Waals surface area contributed by atoms with Gasteiger partial charge < -0.3 is 4.18 Å². The fraction of sp³-hybridized carbons (Fsp3) is 0. The predicted molar refractivity (Wildman–Crippen MR) is 80.4 cm³/mol. The standard InChI is InChI=1S/C13H6Cl3NO3S/c14-9-2-1-3-10(15)13(9)21(18,19)20-12-5-4-8(7-17)6-11(12)16/h1-6H. The second-order valence-corrected chi connectivity index (χ2v) is 6.55. The molecule has 8 heteroatoms. The van der Waals surface area contributed by atoms with Crippen molar-refractivity contribution in [2.45, 2.75) is 4.90 Å². The monoisotopic (exact) mass is 361 g/mol. The molecule has 2 aromatic rings. The van der Waals surface area contributed by atoms with Crippen molar-refractivity contribution in [1.82, 2.24) is 0 Å². The number of nitrogens with zero attached hydrogens (tertiary/aromatic N) is 1. The highest BCUT2D eigenvalue weighted by Crippen LogP contribution is 2.33. The van der Waals surface area contributed by atoms with Gasteiger partial charge in [0.2, 0.25) is 0 Å². The molecule has 0 fully saturated rings. The molecule has 0 aromatic heterocycles. The molecule has 108 valence electrons. The minimum absolute atomic E-state index is 0.0131. The van der Waals surface area contributed by atoms with Gasteiger partial charge in [0.25, 0.3) is 0 Å². The van der Waals surface area contributed by atoms with Crippen LogP contribution in [0.25, 0.3) is 0 Å². The Bertz CT molecular complexity index is 824. The molecule has 0 saturated carbocycles. The maximum Gasteiger partial charge on any atom is 0.342 e. The summed E-state index contributed by atoms with van der Waals surface area (Å²) in [5.74, 6) is -0.119. The van der Waals surface area contributed by atoms with E-state index in [1.165, 1.54) is 36.4 Å². The first kappa shape index (κ1) is 15.9. The molecule has 0 heterocycles. The van der Waals surface area contributed by atoms with E-state index in [0.29, 0.717) is 0 Å². The Hall–Kier alpha value is -1.45. The quantitative estimate of drug-likeness (QED) is 0.764. The molecule has 0 aliphatic heterocycles. The summed E-state index contributed by atoms with van der Waals surface area (Å²) in [7, 11) is -4.25. The molecule has 2 aromatic carbocycles. The average Bonchev–Trinajstić information content (AvgIpc) is 2.40. The minimum atomic E-state index is -4.25. The summed E-state index contributed by atoms with van der Waals surface area (Å²) in [4.78, 5) is -0.339. The molecule has 2 rings (SSSR count). The van der Waals surface area contributed by atoms with Gasteiger partial charge in [-0.25, -0.2) is 0 Å². The van der Waals surface area contributed by atoms with E-state index in [-0.39, 0.29) is 31.3 Å². The second kappa shape index (κ2) is 6.12. The smallest absolute Gasteiger partial charge is 0.342 e. The van der Waals surface area contributed by atoms with Gasteiger partial charge >= 0.3 is 10.1 Å². The van der Waals surface area contributed by atoms with Crippen LogP contribution in [0.2, 0.25) is 15.1 Å². The van der Waals surface area contributed by atoms with E-state index in [1.54, 1.807) is 0 Å². The lowest BCUT2D eigenvalue weighted by molar-refractivity contribution is 0.486. The van der Waals surface area contributed by atoms with Gasteiger partial charge in [-0.3, -0.25) is 0 Å². The Morgan fingerprint density at radius 1 is 1.00 bits per heavy atom. The van der Waals surface area contributed by atoms with E-state index in [1.807, 2.05) is 6.07 Å². The highest BCUT2D eigenvalue weighted by atomic mass is 35.5. The highest BCUT2D eigenvalue weighted by molar-refractivity contribution is 7.87. The van der Waals surface area contributed by atoms with Crippen LogP contribution in [0.4, 0.5) is 0 Å². The topological polar surface area (TPSA) is 67.2 Å². The van der Waals surface area contributed by atoms with E-state index in [0.717, 1.165) is 0 Å². The van der Waals surface area contributed by atoms with Crippen molar-refractivity contribution >= 4 is 44.9 Å². The Balaban J connectivity index is 2.46. The Labute approximate surface area is 136 Å². The Morgan fingerprint density at radius 2 is 1.62 bits per heavy atom. The van der Waals surface area contributed by atoms with E-state index in [2.05, 4.69) is 0 Å².